The van der Waals surface area contributed by atoms with Gasteiger partial charge in [0.2, 0.25) is 11.8 Å². The first-order chi connectivity index (χ1) is 6.97. The standard InChI is InChI=1S/C10H19N3O2/c1-7(2)12-5-9(14)13(8(3)4-11)10(15)6-12/h7-8H,4-6,11H2,1-3H3. The van der Waals surface area contributed by atoms with Crippen LogP contribution in [0.4, 0.5) is 0 Å². The summed E-state index contributed by atoms with van der Waals surface area (Å²) in [5.74, 6) is -0.282. The van der Waals surface area contributed by atoms with E-state index in [9.17, 15) is 9.59 Å². The summed E-state index contributed by atoms with van der Waals surface area (Å²) in [6.07, 6.45) is 0. The van der Waals surface area contributed by atoms with Crippen LogP contribution >= 0.6 is 0 Å². The number of hydrogen-bond acceptors (Lipinski definition) is 4. The number of carbonyl (C=O) groups excluding carboxylic acids is 2. The molecule has 1 aliphatic heterocycles. The quantitative estimate of drug-likeness (QED) is 0.636. The molecule has 2 N–H and O–H groups in total. The second-order valence-electron chi connectivity index (χ2n) is 4.24. The Balaban J connectivity index is 2.73. The summed E-state index contributed by atoms with van der Waals surface area (Å²) in [5, 5.41) is 0. The van der Waals surface area contributed by atoms with Crippen LogP contribution in [0.1, 0.15) is 20.8 Å². The Morgan fingerprint density at radius 1 is 1.20 bits per heavy atom. The molecule has 0 aromatic carbocycles. The van der Waals surface area contributed by atoms with Crippen molar-refractivity contribution in [1.82, 2.24) is 9.80 Å². The first kappa shape index (κ1) is 12.1. The van der Waals surface area contributed by atoms with Gasteiger partial charge in [0.05, 0.1) is 13.1 Å². The second kappa shape index (κ2) is 4.72. The number of amides is 2. The molecule has 1 fully saturated rings. The number of hydrogen-bond donors (Lipinski definition) is 1. The van der Waals surface area contributed by atoms with Crippen LogP contribution in [0, 0.1) is 0 Å². The molecule has 86 valence electrons. The number of imide groups is 1. The Labute approximate surface area is 90.2 Å². The summed E-state index contributed by atoms with van der Waals surface area (Å²) >= 11 is 0. The van der Waals surface area contributed by atoms with Gasteiger partial charge in [-0.2, -0.15) is 0 Å². The zero-order valence-electron chi connectivity index (χ0n) is 9.56. The summed E-state index contributed by atoms with van der Waals surface area (Å²) in [4.78, 5) is 26.6. The monoisotopic (exact) mass is 213 g/mol. The molecule has 1 unspecified atom stereocenters. The van der Waals surface area contributed by atoms with Crippen LogP contribution in [0.15, 0.2) is 0 Å². The minimum absolute atomic E-state index is 0.141. The van der Waals surface area contributed by atoms with Crippen LogP contribution in [0.5, 0.6) is 0 Å². The van der Waals surface area contributed by atoms with E-state index in [1.165, 1.54) is 4.90 Å². The largest absolute Gasteiger partial charge is 0.328 e. The maximum atomic E-state index is 11.7. The van der Waals surface area contributed by atoms with Crippen molar-refractivity contribution in [2.75, 3.05) is 19.6 Å². The number of nitrogens with two attached hydrogens (primary N) is 1. The van der Waals surface area contributed by atoms with Crippen molar-refractivity contribution in [1.29, 1.82) is 0 Å². The van der Waals surface area contributed by atoms with Gasteiger partial charge >= 0.3 is 0 Å². The average Bonchev–Trinajstić information content (AvgIpc) is 2.16. The van der Waals surface area contributed by atoms with E-state index in [0.29, 0.717) is 19.6 Å². The van der Waals surface area contributed by atoms with Gasteiger partial charge in [0.1, 0.15) is 0 Å². The molecule has 0 spiro atoms. The average molecular weight is 213 g/mol. The summed E-state index contributed by atoms with van der Waals surface area (Å²) < 4.78 is 0. The number of rotatable bonds is 3. The van der Waals surface area contributed by atoms with Gasteiger partial charge in [0.15, 0.2) is 0 Å². The van der Waals surface area contributed by atoms with Gasteiger partial charge in [0, 0.05) is 18.6 Å². The van der Waals surface area contributed by atoms with Crippen molar-refractivity contribution in [3.05, 3.63) is 0 Å². The zero-order chi connectivity index (χ0) is 11.6. The Bertz CT molecular complexity index is 247. The SMILES string of the molecule is CC(C)N1CC(=O)N(C(C)CN)C(=O)C1. The van der Waals surface area contributed by atoms with Gasteiger partial charge in [0.25, 0.3) is 0 Å². The van der Waals surface area contributed by atoms with Gasteiger partial charge in [-0.1, -0.05) is 0 Å². The van der Waals surface area contributed by atoms with Crippen LogP contribution in [0.25, 0.3) is 0 Å². The maximum Gasteiger partial charge on any atom is 0.243 e. The van der Waals surface area contributed by atoms with Crippen LogP contribution < -0.4 is 5.73 Å². The predicted molar refractivity (Wildman–Crippen MR) is 57.1 cm³/mol. The molecule has 0 aromatic heterocycles. The molecule has 1 heterocycles. The van der Waals surface area contributed by atoms with E-state index in [1.807, 2.05) is 18.7 Å². The summed E-state index contributed by atoms with van der Waals surface area (Å²) in [7, 11) is 0. The molecular weight excluding hydrogens is 194 g/mol. The van der Waals surface area contributed by atoms with Crippen molar-refractivity contribution in [3.8, 4) is 0 Å². The van der Waals surface area contributed by atoms with E-state index in [0.717, 1.165) is 0 Å². The highest BCUT2D eigenvalue weighted by Gasteiger charge is 2.34. The highest BCUT2D eigenvalue weighted by Crippen LogP contribution is 2.11. The third kappa shape index (κ3) is 2.54. The molecule has 2 amide bonds. The molecule has 0 bridgehead atoms. The van der Waals surface area contributed by atoms with Gasteiger partial charge in [-0.15, -0.1) is 0 Å². The fourth-order valence-electron chi connectivity index (χ4n) is 1.66. The Morgan fingerprint density at radius 3 is 2.00 bits per heavy atom. The maximum absolute atomic E-state index is 11.7. The van der Waals surface area contributed by atoms with Crippen molar-refractivity contribution in [2.24, 2.45) is 5.73 Å². The summed E-state index contributed by atoms with van der Waals surface area (Å²) in [6.45, 7) is 6.69. The van der Waals surface area contributed by atoms with Crippen molar-refractivity contribution < 1.29 is 9.59 Å². The molecule has 0 saturated carbocycles. The first-order valence-electron chi connectivity index (χ1n) is 5.26. The molecule has 1 atom stereocenters. The lowest BCUT2D eigenvalue weighted by Gasteiger charge is -2.37. The minimum atomic E-state index is -0.195. The van der Waals surface area contributed by atoms with Crippen LogP contribution in [-0.4, -0.2) is 53.3 Å². The van der Waals surface area contributed by atoms with E-state index < -0.39 is 0 Å². The summed E-state index contributed by atoms with van der Waals surface area (Å²) in [5.41, 5.74) is 5.46. The normalized spacial score (nSPS) is 21.3. The molecule has 5 heteroatoms. The van der Waals surface area contributed by atoms with Crippen molar-refractivity contribution in [2.45, 2.75) is 32.9 Å². The highest BCUT2D eigenvalue weighted by atomic mass is 16.2. The highest BCUT2D eigenvalue weighted by molar-refractivity contribution is 5.99. The number of carbonyl (C=O) groups is 2. The third-order valence-electron chi connectivity index (χ3n) is 2.73. The minimum Gasteiger partial charge on any atom is -0.328 e. The lowest BCUT2D eigenvalue weighted by atomic mass is 10.2. The Kier molecular flexibility index (Phi) is 3.82. The smallest absolute Gasteiger partial charge is 0.243 e. The topological polar surface area (TPSA) is 66.6 Å². The molecule has 1 rings (SSSR count). The van der Waals surface area contributed by atoms with Crippen LogP contribution in [0.2, 0.25) is 0 Å². The van der Waals surface area contributed by atoms with Gasteiger partial charge in [-0.25, -0.2) is 0 Å². The fourth-order valence-corrected chi connectivity index (χ4v) is 1.66. The number of nitrogens with zero attached hydrogens (tertiary/aromatic N) is 2. The van der Waals surface area contributed by atoms with Gasteiger partial charge in [-0.3, -0.25) is 19.4 Å². The molecular formula is C10H19N3O2. The zero-order valence-corrected chi connectivity index (χ0v) is 9.56. The number of piperazine rings is 1. The van der Waals surface area contributed by atoms with E-state index in [1.54, 1.807) is 6.92 Å². The van der Waals surface area contributed by atoms with Crippen molar-refractivity contribution >= 4 is 11.8 Å². The van der Waals surface area contributed by atoms with Crippen molar-refractivity contribution in [3.63, 3.8) is 0 Å². The van der Waals surface area contributed by atoms with E-state index in [2.05, 4.69) is 0 Å². The molecule has 1 saturated heterocycles. The Morgan fingerprint density at radius 2 is 1.67 bits per heavy atom. The molecule has 1 aliphatic rings. The Hall–Kier alpha value is -0.940. The van der Waals surface area contributed by atoms with Gasteiger partial charge < -0.3 is 5.73 Å². The first-order valence-corrected chi connectivity index (χ1v) is 5.26. The second-order valence-corrected chi connectivity index (χ2v) is 4.24. The molecule has 15 heavy (non-hydrogen) atoms. The van der Waals surface area contributed by atoms with Gasteiger partial charge in [-0.05, 0) is 20.8 Å². The van der Waals surface area contributed by atoms with E-state index in [4.69, 9.17) is 5.73 Å². The molecule has 0 aromatic rings. The molecule has 0 radical (unpaired) electrons. The predicted octanol–water partition coefficient (Wildman–Crippen LogP) is -0.587. The summed E-state index contributed by atoms with van der Waals surface area (Å²) in [6, 6.07) is 0.0209. The van der Waals surface area contributed by atoms with Crippen LogP contribution in [-0.2, 0) is 9.59 Å². The van der Waals surface area contributed by atoms with Crippen LogP contribution in [0.3, 0.4) is 0 Å². The molecule has 5 nitrogen and oxygen atoms in total. The third-order valence-corrected chi connectivity index (χ3v) is 2.73. The van der Waals surface area contributed by atoms with E-state index >= 15 is 0 Å². The fraction of sp³-hybridized carbons (Fsp3) is 0.800. The molecule has 0 aliphatic carbocycles. The lowest BCUT2D eigenvalue weighted by Crippen LogP contribution is -2.59. The van der Waals surface area contributed by atoms with E-state index in [-0.39, 0.29) is 23.9 Å². The lowest BCUT2D eigenvalue weighted by molar-refractivity contribution is -0.154.